The lowest BCUT2D eigenvalue weighted by Gasteiger charge is -2.43. The molecule has 308 valence electrons. The maximum atomic E-state index is 16.5. The van der Waals surface area contributed by atoms with Gasteiger partial charge < -0.3 is 29.3 Å². The largest absolute Gasteiger partial charge is 0.465 e. The van der Waals surface area contributed by atoms with Crippen molar-refractivity contribution in [2.45, 2.75) is 88.4 Å². The summed E-state index contributed by atoms with van der Waals surface area (Å²) in [5.41, 5.74) is 1.01. The number of likely N-dealkylation sites (tertiary alicyclic amines) is 1. The van der Waals surface area contributed by atoms with Gasteiger partial charge in [0.2, 0.25) is 17.7 Å². The van der Waals surface area contributed by atoms with Gasteiger partial charge in [0.25, 0.3) is 5.91 Å². The maximum Gasteiger partial charge on any atom is 0.355 e. The quantitative estimate of drug-likeness (QED) is 0.110. The number of amides is 3. The van der Waals surface area contributed by atoms with E-state index in [1.807, 2.05) is 25.9 Å². The number of nitrogens with one attached hydrogen (secondary N) is 2. The van der Waals surface area contributed by atoms with Crippen molar-refractivity contribution in [3.8, 4) is 5.75 Å². The van der Waals surface area contributed by atoms with Crippen LogP contribution in [-0.4, -0.2) is 101 Å². The lowest BCUT2D eigenvalue weighted by Crippen LogP contribution is -2.58. The Morgan fingerprint density at radius 3 is 2.59 bits per heavy atom. The molecule has 5 heterocycles. The SMILES string of the molecule is CCCOC(=O)[C@H](C)NP(=O)(Oc1ccccc1)[C@H](F)c1ccc2sc(C(=O)N[C@H]3CCC[C@H]4CC[C@@H](C(=O)N5CC(c6cncnc6N(C)C)C5)N4C3=O)cc2c1. The van der Waals surface area contributed by atoms with Gasteiger partial charge in [-0.25, -0.2) is 19.4 Å². The van der Waals surface area contributed by atoms with Crippen LogP contribution in [0.4, 0.5) is 10.2 Å². The lowest BCUT2D eigenvalue weighted by molar-refractivity contribution is -0.148. The van der Waals surface area contributed by atoms with E-state index in [1.54, 1.807) is 58.5 Å². The number of esters is 1. The van der Waals surface area contributed by atoms with Crippen molar-refractivity contribution >= 4 is 58.5 Å². The van der Waals surface area contributed by atoms with Gasteiger partial charge in [0.05, 0.1) is 11.5 Å². The van der Waals surface area contributed by atoms with Crippen LogP contribution in [0.5, 0.6) is 5.75 Å². The number of alkyl halides is 1. The van der Waals surface area contributed by atoms with Gasteiger partial charge in [-0.05, 0) is 86.7 Å². The van der Waals surface area contributed by atoms with Crippen LogP contribution in [0.15, 0.2) is 67.1 Å². The van der Waals surface area contributed by atoms with E-state index in [2.05, 4.69) is 20.4 Å². The van der Waals surface area contributed by atoms with Crippen molar-refractivity contribution < 1.29 is 37.4 Å². The number of fused-ring (bicyclic) bond motifs is 2. The van der Waals surface area contributed by atoms with Crippen LogP contribution in [-0.2, 0) is 23.7 Å². The minimum atomic E-state index is -4.44. The standard InChI is InChI=1S/C41H49FN7O7PS/c1-5-18-55-41(53)25(2)46-57(54,56-30-11-7-6-8-12-30)36(42)26-14-17-34-27(19-26)20-35(58-34)38(50)45-32-13-9-10-29-15-16-33(49(29)39(32)51)40(52)48-22-28(23-48)31-21-43-24-44-37(31)47(3)4/h6-8,11-12,14,17,19-21,24-25,28-29,32-33,36H,5,9-10,13,15-16,18,22-23H2,1-4H3,(H,45,50)(H,46,54)/t25-,29-,32-,33-,36-,57?/m0/s1. The van der Waals surface area contributed by atoms with Crippen LogP contribution in [0.2, 0.25) is 0 Å². The molecule has 2 aromatic carbocycles. The fourth-order valence-electron chi connectivity index (χ4n) is 7.97. The molecular formula is C41H49FN7O7PS. The van der Waals surface area contributed by atoms with Gasteiger partial charge in [-0.1, -0.05) is 31.2 Å². The Labute approximate surface area is 341 Å². The Balaban J connectivity index is 1.03. The topological polar surface area (TPSA) is 163 Å². The predicted molar refractivity (Wildman–Crippen MR) is 219 cm³/mol. The summed E-state index contributed by atoms with van der Waals surface area (Å²) in [6.07, 6.45) is 7.11. The number of nitrogens with zero attached hydrogens (tertiary/aromatic N) is 5. The summed E-state index contributed by atoms with van der Waals surface area (Å²) in [7, 11) is -0.596. The monoisotopic (exact) mass is 833 g/mol. The molecule has 3 aliphatic rings. The van der Waals surface area contributed by atoms with Gasteiger partial charge in [-0.15, -0.1) is 11.3 Å². The molecule has 0 radical (unpaired) electrons. The van der Waals surface area contributed by atoms with E-state index in [-0.39, 0.29) is 41.7 Å². The highest BCUT2D eigenvalue weighted by Crippen LogP contribution is 2.58. The number of para-hydroxylation sites is 1. The van der Waals surface area contributed by atoms with Crippen molar-refractivity contribution in [1.82, 2.24) is 30.2 Å². The molecular weight excluding hydrogens is 785 g/mol. The molecule has 0 saturated carbocycles. The van der Waals surface area contributed by atoms with E-state index in [4.69, 9.17) is 9.26 Å². The van der Waals surface area contributed by atoms with E-state index in [1.165, 1.54) is 36.7 Å². The number of aromatic nitrogens is 2. The molecule has 1 unspecified atom stereocenters. The van der Waals surface area contributed by atoms with E-state index in [0.717, 1.165) is 24.2 Å². The summed E-state index contributed by atoms with van der Waals surface area (Å²) in [6, 6.07) is 11.8. The predicted octanol–water partition coefficient (Wildman–Crippen LogP) is 6.20. The fourth-order valence-corrected chi connectivity index (χ4v) is 10.8. The molecule has 58 heavy (non-hydrogen) atoms. The minimum absolute atomic E-state index is 0.0247. The molecule has 2 N–H and O–H groups in total. The Hall–Kier alpha value is -4.92. The molecule has 17 heteroatoms. The molecule has 3 amide bonds. The molecule has 3 saturated heterocycles. The lowest BCUT2D eigenvalue weighted by atomic mass is 9.91. The third kappa shape index (κ3) is 8.60. The van der Waals surface area contributed by atoms with E-state index in [9.17, 15) is 23.7 Å². The fraction of sp³-hybridized carbons (Fsp3) is 0.463. The molecule has 3 aliphatic heterocycles. The highest BCUT2D eigenvalue weighted by Gasteiger charge is 2.48. The Kier molecular flexibility index (Phi) is 12.5. The number of carbonyl (C=O) groups is 4. The first-order valence-corrected chi connectivity index (χ1v) is 22.2. The highest BCUT2D eigenvalue weighted by molar-refractivity contribution is 7.57. The molecule has 0 spiro atoms. The number of rotatable bonds is 14. The van der Waals surface area contributed by atoms with Crippen molar-refractivity contribution in [2.75, 3.05) is 38.7 Å². The van der Waals surface area contributed by atoms with Crippen LogP contribution in [0.3, 0.4) is 0 Å². The van der Waals surface area contributed by atoms with E-state index < -0.39 is 43.4 Å². The van der Waals surface area contributed by atoms with Crippen LogP contribution in [0.25, 0.3) is 10.1 Å². The van der Waals surface area contributed by atoms with Crippen LogP contribution < -0.4 is 19.8 Å². The molecule has 14 nitrogen and oxygen atoms in total. The zero-order chi connectivity index (χ0) is 41.1. The second-order valence-electron chi connectivity index (χ2n) is 15.3. The van der Waals surface area contributed by atoms with Gasteiger partial charge in [0, 0.05) is 55.6 Å². The third-order valence-electron chi connectivity index (χ3n) is 10.9. The number of hydrogen-bond acceptors (Lipinski definition) is 11. The summed E-state index contributed by atoms with van der Waals surface area (Å²) in [4.78, 5) is 68.7. The number of benzene rings is 2. The average molecular weight is 834 g/mol. The minimum Gasteiger partial charge on any atom is -0.465 e. The number of carbonyl (C=O) groups excluding carboxylic acids is 4. The first kappa shape index (κ1) is 41.2. The van der Waals surface area contributed by atoms with Crippen molar-refractivity contribution in [3.05, 3.63) is 83.1 Å². The summed E-state index contributed by atoms with van der Waals surface area (Å²) in [5, 5.41) is 6.05. The van der Waals surface area contributed by atoms with Crippen molar-refractivity contribution in [1.29, 1.82) is 0 Å². The average Bonchev–Trinajstić information content (AvgIpc) is 3.79. The molecule has 7 rings (SSSR count). The molecule has 4 aromatic rings. The third-order valence-corrected chi connectivity index (χ3v) is 14.2. The molecule has 2 aromatic heterocycles. The van der Waals surface area contributed by atoms with Gasteiger partial charge in [0.1, 0.15) is 36.0 Å². The summed E-state index contributed by atoms with van der Waals surface area (Å²) < 4.78 is 42.4. The molecule has 3 fully saturated rings. The Morgan fingerprint density at radius 2 is 1.84 bits per heavy atom. The van der Waals surface area contributed by atoms with Gasteiger partial charge in [0.15, 0.2) is 0 Å². The number of ether oxygens (including phenoxy) is 1. The van der Waals surface area contributed by atoms with Gasteiger partial charge in [-0.3, -0.25) is 23.7 Å². The molecule has 0 bridgehead atoms. The Morgan fingerprint density at radius 1 is 1.07 bits per heavy atom. The van der Waals surface area contributed by atoms with E-state index >= 15 is 4.39 Å². The second kappa shape index (κ2) is 17.5. The van der Waals surface area contributed by atoms with Gasteiger partial charge in [-0.2, -0.15) is 0 Å². The zero-order valence-electron chi connectivity index (χ0n) is 33.0. The summed E-state index contributed by atoms with van der Waals surface area (Å²) in [5.74, 6) is -2.58. The normalized spacial score (nSPS) is 21.6. The summed E-state index contributed by atoms with van der Waals surface area (Å²) in [6.45, 7) is 4.48. The Bertz CT molecular complexity index is 2200. The van der Waals surface area contributed by atoms with Crippen LogP contribution >= 0.6 is 18.9 Å². The van der Waals surface area contributed by atoms with Crippen molar-refractivity contribution in [2.24, 2.45) is 0 Å². The molecule has 0 aliphatic carbocycles. The second-order valence-corrected chi connectivity index (χ2v) is 18.5. The van der Waals surface area contributed by atoms with Crippen LogP contribution in [0, 0.1) is 0 Å². The molecule has 6 atom stereocenters. The highest BCUT2D eigenvalue weighted by atomic mass is 32.1. The maximum absolute atomic E-state index is 16.5. The van der Waals surface area contributed by atoms with Crippen LogP contribution in [0.1, 0.15) is 85.0 Å². The number of thiophene rings is 1. The zero-order valence-corrected chi connectivity index (χ0v) is 34.7. The number of anilines is 1. The number of hydrogen-bond donors (Lipinski definition) is 2. The summed E-state index contributed by atoms with van der Waals surface area (Å²) >= 11 is 1.18. The first-order valence-electron chi connectivity index (χ1n) is 19.7. The van der Waals surface area contributed by atoms with Crippen molar-refractivity contribution in [3.63, 3.8) is 0 Å². The number of halogens is 1. The van der Waals surface area contributed by atoms with Gasteiger partial charge >= 0.3 is 13.5 Å². The van der Waals surface area contributed by atoms with E-state index in [0.29, 0.717) is 53.7 Å². The first-order chi connectivity index (χ1) is 27.9. The smallest absolute Gasteiger partial charge is 0.355 e.